The normalized spacial score (nSPS) is 21.4. The van der Waals surface area contributed by atoms with Gasteiger partial charge in [0.25, 0.3) is 0 Å². The lowest BCUT2D eigenvalue weighted by atomic mass is 9.75. The maximum Gasteiger partial charge on any atom is 0.416 e. The predicted octanol–water partition coefficient (Wildman–Crippen LogP) is 5.26. The summed E-state index contributed by atoms with van der Waals surface area (Å²) >= 11 is 0. The van der Waals surface area contributed by atoms with Crippen LogP contribution in [0.4, 0.5) is 24.7 Å². The maximum atomic E-state index is 13.3. The average molecular weight is 503 g/mol. The molecule has 1 aliphatic carbocycles. The van der Waals surface area contributed by atoms with Gasteiger partial charge in [0.1, 0.15) is 11.3 Å². The molecule has 3 aromatic rings. The monoisotopic (exact) mass is 502 g/mol. The number of aromatic nitrogens is 3. The third-order valence-corrected chi connectivity index (χ3v) is 7.12. The van der Waals surface area contributed by atoms with Gasteiger partial charge in [0, 0.05) is 37.2 Å². The number of fused-ring (bicyclic) bond motifs is 1. The Kier molecular flexibility index (Phi) is 6.68. The van der Waals surface area contributed by atoms with Crippen LogP contribution in [0.5, 0.6) is 0 Å². The molecule has 1 saturated carbocycles. The number of anilines is 2. The molecular weight excluding hydrogens is 469 g/mol. The van der Waals surface area contributed by atoms with Crippen LogP contribution in [0.3, 0.4) is 0 Å². The fourth-order valence-corrected chi connectivity index (χ4v) is 4.93. The third kappa shape index (κ3) is 5.13. The second kappa shape index (κ2) is 9.31. The molecule has 1 fully saturated rings. The molecule has 2 heterocycles. The number of allylic oxidation sites excluding steroid dienone is 1. The van der Waals surface area contributed by atoms with E-state index in [0.717, 1.165) is 36.2 Å². The van der Waals surface area contributed by atoms with E-state index in [9.17, 15) is 18.3 Å². The van der Waals surface area contributed by atoms with Gasteiger partial charge in [-0.15, -0.1) is 0 Å². The molecule has 0 amide bonds. The molecule has 10 heteroatoms. The molecule has 0 saturated heterocycles. The molecule has 0 radical (unpaired) electrons. The summed E-state index contributed by atoms with van der Waals surface area (Å²) in [7, 11) is 3.96. The van der Waals surface area contributed by atoms with E-state index in [0.29, 0.717) is 41.5 Å². The highest BCUT2D eigenvalue weighted by atomic mass is 19.4. The fraction of sp³-hybridized carbons (Fsp3) is 0.462. The molecule has 0 bridgehead atoms. The van der Waals surface area contributed by atoms with Gasteiger partial charge in [0.2, 0.25) is 0 Å². The van der Waals surface area contributed by atoms with Gasteiger partial charge < -0.3 is 21.1 Å². The first-order valence-electron chi connectivity index (χ1n) is 12.0. The van der Waals surface area contributed by atoms with Crippen molar-refractivity contribution in [2.24, 2.45) is 5.92 Å². The van der Waals surface area contributed by atoms with Gasteiger partial charge in [-0.25, -0.2) is 9.50 Å². The number of halogens is 3. The number of aliphatic hydroxyl groups is 1. The van der Waals surface area contributed by atoms with Gasteiger partial charge in [-0.2, -0.15) is 18.3 Å². The average Bonchev–Trinajstić information content (AvgIpc) is 3.23. The Morgan fingerprint density at radius 3 is 2.53 bits per heavy atom. The number of aryl methyl sites for hydroxylation is 1. The number of hydrogen-bond donors (Lipinski definition) is 3. The first kappa shape index (κ1) is 25.8. The molecular formula is C26H33F3N6O. The molecule has 1 aromatic carbocycles. The first-order valence-corrected chi connectivity index (χ1v) is 12.0. The SMILES string of the molecule is C=C(C1CCC(O)(c2cc3c(N[C@H](C)c4cc(N)cc(C(F)(F)F)c4)nc(C)nn3c2)CC1)N(C)C. The number of benzene rings is 1. The van der Waals surface area contributed by atoms with E-state index in [1.54, 1.807) is 18.4 Å². The van der Waals surface area contributed by atoms with Gasteiger partial charge in [-0.05, 0) is 75.3 Å². The molecule has 1 atom stereocenters. The minimum Gasteiger partial charge on any atom is -0.399 e. The van der Waals surface area contributed by atoms with Gasteiger partial charge >= 0.3 is 6.18 Å². The number of nitrogen functional groups attached to an aromatic ring is 1. The zero-order valence-corrected chi connectivity index (χ0v) is 21.0. The van der Waals surface area contributed by atoms with Gasteiger partial charge in [-0.1, -0.05) is 6.58 Å². The van der Waals surface area contributed by atoms with Crippen molar-refractivity contribution >= 4 is 17.0 Å². The zero-order chi connectivity index (χ0) is 26.4. The summed E-state index contributed by atoms with van der Waals surface area (Å²) in [6.07, 6.45) is 0.148. The molecule has 4 N–H and O–H groups in total. The molecule has 194 valence electrons. The second-order valence-electron chi connectivity index (χ2n) is 10.0. The van der Waals surface area contributed by atoms with E-state index < -0.39 is 23.4 Å². The molecule has 0 unspecified atom stereocenters. The van der Waals surface area contributed by atoms with Crippen molar-refractivity contribution in [3.05, 3.63) is 65.3 Å². The van der Waals surface area contributed by atoms with E-state index in [1.807, 2.05) is 31.3 Å². The standard InChI is InChI=1S/C26H33F3N6O/c1-15(19-10-20(26(27,28)29)12-22(30)11-19)31-24-23-13-21(14-35(23)33-17(3)32-24)25(36)8-6-18(7-9-25)16(2)34(4)5/h10-15,18,36H,2,6-9,30H2,1,3-5H3,(H,31,32,33)/t15-,18?,25?/m1/s1. The predicted molar refractivity (Wildman–Crippen MR) is 134 cm³/mol. The van der Waals surface area contributed by atoms with Crippen molar-refractivity contribution < 1.29 is 18.3 Å². The topological polar surface area (TPSA) is 91.7 Å². The Balaban J connectivity index is 1.61. The second-order valence-corrected chi connectivity index (χ2v) is 10.0. The van der Waals surface area contributed by atoms with Crippen molar-refractivity contribution in [2.45, 2.75) is 57.3 Å². The minimum atomic E-state index is -4.49. The van der Waals surface area contributed by atoms with Crippen LogP contribution in [-0.4, -0.2) is 38.7 Å². The minimum absolute atomic E-state index is 0.0391. The van der Waals surface area contributed by atoms with E-state index in [4.69, 9.17) is 5.73 Å². The van der Waals surface area contributed by atoms with Crippen LogP contribution in [-0.2, 0) is 11.8 Å². The van der Waals surface area contributed by atoms with Crippen LogP contribution >= 0.6 is 0 Å². The Labute approximate surface area is 208 Å². The summed E-state index contributed by atoms with van der Waals surface area (Å²) in [4.78, 5) is 6.53. The molecule has 36 heavy (non-hydrogen) atoms. The number of rotatable bonds is 6. The van der Waals surface area contributed by atoms with Gasteiger partial charge in [0.15, 0.2) is 5.82 Å². The summed E-state index contributed by atoms with van der Waals surface area (Å²) < 4.78 is 41.5. The number of nitrogens with zero attached hydrogens (tertiary/aromatic N) is 4. The summed E-state index contributed by atoms with van der Waals surface area (Å²) in [6.45, 7) is 7.66. The Hall–Kier alpha value is -3.27. The van der Waals surface area contributed by atoms with Gasteiger partial charge in [-0.3, -0.25) is 0 Å². The lowest BCUT2D eigenvalue weighted by molar-refractivity contribution is -0.137. The van der Waals surface area contributed by atoms with E-state index in [2.05, 4.69) is 22.0 Å². The van der Waals surface area contributed by atoms with Crippen molar-refractivity contribution in [2.75, 3.05) is 25.1 Å². The number of nitrogens with one attached hydrogen (secondary N) is 1. The molecule has 1 aliphatic rings. The van der Waals surface area contributed by atoms with Gasteiger partial charge in [0.05, 0.1) is 17.2 Å². The summed E-state index contributed by atoms with van der Waals surface area (Å²) in [5.41, 5.74) is 6.84. The van der Waals surface area contributed by atoms with Crippen LogP contribution in [0.1, 0.15) is 61.2 Å². The van der Waals surface area contributed by atoms with E-state index in [-0.39, 0.29) is 5.69 Å². The Bertz CT molecular complexity index is 1270. The summed E-state index contributed by atoms with van der Waals surface area (Å²) in [6, 6.07) is 4.87. The summed E-state index contributed by atoms with van der Waals surface area (Å²) in [5.74, 6) is 1.29. The van der Waals surface area contributed by atoms with Crippen molar-refractivity contribution in [3.8, 4) is 0 Å². The van der Waals surface area contributed by atoms with E-state index >= 15 is 0 Å². The summed E-state index contributed by atoms with van der Waals surface area (Å²) in [5, 5.41) is 19.2. The van der Waals surface area contributed by atoms with Crippen molar-refractivity contribution in [3.63, 3.8) is 0 Å². The highest BCUT2D eigenvalue weighted by molar-refractivity contribution is 5.70. The lowest BCUT2D eigenvalue weighted by Crippen LogP contribution is -2.33. The number of nitrogens with two attached hydrogens (primary N) is 1. The third-order valence-electron chi connectivity index (χ3n) is 7.12. The fourth-order valence-electron chi connectivity index (χ4n) is 4.93. The molecule has 0 spiro atoms. The quantitative estimate of drug-likeness (QED) is 0.398. The van der Waals surface area contributed by atoms with Crippen LogP contribution in [0, 0.1) is 12.8 Å². The Morgan fingerprint density at radius 1 is 1.25 bits per heavy atom. The zero-order valence-electron chi connectivity index (χ0n) is 21.0. The molecule has 4 rings (SSSR count). The first-order chi connectivity index (χ1) is 16.8. The smallest absolute Gasteiger partial charge is 0.399 e. The highest BCUT2D eigenvalue weighted by Gasteiger charge is 2.37. The number of hydrogen-bond acceptors (Lipinski definition) is 6. The molecule has 0 aliphatic heterocycles. The largest absolute Gasteiger partial charge is 0.416 e. The van der Waals surface area contributed by atoms with Crippen molar-refractivity contribution in [1.82, 2.24) is 19.5 Å². The van der Waals surface area contributed by atoms with Crippen LogP contribution < -0.4 is 11.1 Å². The highest BCUT2D eigenvalue weighted by Crippen LogP contribution is 2.43. The Morgan fingerprint density at radius 2 is 1.92 bits per heavy atom. The van der Waals surface area contributed by atoms with E-state index in [1.165, 1.54) is 6.07 Å². The molecule has 7 nitrogen and oxygen atoms in total. The van der Waals surface area contributed by atoms with Crippen LogP contribution in [0.2, 0.25) is 0 Å². The van der Waals surface area contributed by atoms with Crippen LogP contribution in [0.25, 0.3) is 5.52 Å². The maximum absolute atomic E-state index is 13.3. The number of alkyl halides is 3. The lowest BCUT2D eigenvalue weighted by Gasteiger charge is -2.37. The molecule has 2 aromatic heterocycles. The van der Waals surface area contributed by atoms with Crippen LogP contribution in [0.15, 0.2) is 42.7 Å². The van der Waals surface area contributed by atoms with Crippen molar-refractivity contribution in [1.29, 1.82) is 0 Å².